The van der Waals surface area contributed by atoms with Gasteiger partial charge in [-0.3, -0.25) is 9.93 Å². The van der Waals surface area contributed by atoms with Crippen molar-refractivity contribution in [1.29, 1.82) is 0 Å². The number of allylic oxidation sites excluding steroid dienone is 2. The minimum absolute atomic E-state index is 0.00983. The minimum Gasteiger partial charge on any atom is -0.367 e. The number of anilines is 1. The van der Waals surface area contributed by atoms with Gasteiger partial charge in [0.15, 0.2) is 0 Å². The fraction of sp³-hybridized carbons (Fsp3) is 0.500. The van der Waals surface area contributed by atoms with Crippen molar-refractivity contribution in [2.75, 3.05) is 11.9 Å². The summed E-state index contributed by atoms with van der Waals surface area (Å²) in [5.74, 6) is 1.09. The second-order valence-electron chi connectivity index (χ2n) is 8.12. The average molecular weight is 445 g/mol. The van der Waals surface area contributed by atoms with Crippen LogP contribution in [0.2, 0.25) is 0 Å². The first-order valence-electron chi connectivity index (χ1n) is 10.6. The Balaban J connectivity index is 1.42. The van der Waals surface area contributed by atoms with Gasteiger partial charge in [-0.25, -0.2) is 9.97 Å². The summed E-state index contributed by atoms with van der Waals surface area (Å²) in [4.78, 5) is 22.4. The maximum absolute atomic E-state index is 13.2. The Morgan fingerprint density at radius 1 is 1.37 bits per heavy atom. The zero-order valence-corrected chi connectivity index (χ0v) is 18.6. The van der Waals surface area contributed by atoms with E-state index >= 15 is 0 Å². The smallest absolute Gasteiger partial charge is 0.208 e. The van der Waals surface area contributed by atoms with Crippen LogP contribution in [0.3, 0.4) is 0 Å². The lowest BCUT2D eigenvalue weighted by Crippen LogP contribution is -2.20. The highest BCUT2D eigenvalue weighted by Gasteiger charge is 2.27. The second-order valence-corrected chi connectivity index (χ2v) is 9.46. The van der Waals surface area contributed by atoms with Gasteiger partial charge in [0.25, 0.3) is 0 Å². The van der Waals surface area contributed by atoms with Gasteiger partial charge in [0.2, 0.25) is 5.78 Å². The summed E-state index contributed by atoms with van der Waals surface area (Å²) in [6.07, 6.45) is 14.5. The molecule has 2 atom stereocenters. The first-order chi connectivity index (χ1) is 14.7. The van der Waals surface area contributed by atoms with Crippen LogP contribution in [-0.2, 0) is 10.6 Å². The normalized spacial score (nSPS) is 21.4. The van der Waals surface area contributed by atoms with Crippen LogP contribution in [0, 0.1) is 5.92 Å². The monoisotopic (exact) mass is 444 g/mol. The Kier molecular flexibility index (Phi) is 7.54. The Morgan fingerprint density at radius 3 is 3.13 bits per heavy atom. The Hall–Kier alpha value is -1.74. The minimum atomic E-state index is -0.00983. The molecular weight excluding hydrogens is 416 g/mol. The van der Waals surface area contributed by atoms with Gasteiger partial charge < -0.3 is 9.50 Å². The van der Waals surface area contributed by atoms with Crippen molar-refractivity contribution < 1.29 is 8.98 Å². The summed E-state index contributed by atoms with van der Waals surface area (Å²) in [5.41, 5.74) is 3.26. The first kappa shape index (κ1) is 21.5. The molecule has 3 N–H and O–H groups in total. The molecule has 0 aromatic carbocycles. The van der Waals surface area contributed by atoms with Crippen molar-refractivity contribution in [2.45, 2.75) is 57.4 Å². The van der Waals surface area contributed by atoms with Crippen molar-refractivity contribution in [1.82, 2.24) is 9.97 Å². The standard InChI is InChI=1S/C22H28N4O2S2/c23-30-28-12-16-6-7-18(9-16)26-22-19(11-24-14-25-22)21(27)20-10-17(13-29-20)8-15-4-2-1-3-5-15/h4,10-11,13-14,16,18H,1-3,5-9,12,23H2,(H,24,25,26). The third kappa shape index (κ3) is 5.49. The summed E-state index contributed by atoms with van der Waals surface area (Å²) < 4.78 is 5.28. The van der Waals surface area contributed by atoms with Crippen LogP contribution in [-0.4, -0.2) is 28.4 Å². The highest BCUT2D eigenvalue weighted by molar-refractivity contribution is 7.92. The number of rotatable bonds is 9. The van der Waals surface area contributed by atoms with Gasteiger partial charge in [-0.05, 0) is 74.3 Å². The van der Waals surface area contributed by atoms with Crippen LogP contribution in [0.1, 0.15) is 65.7 Å². The summed E-state index contributed by atoms with van der Waals surface area (Å²) >= 11 is 2.43. The number of carbonyl (C=O) groups is 1. The van der Waals surface area contributed by atoms with Crippen molar-refractivity contribution in [3.05, 3.63) is 51.6 Å². The molecule has 0 spiro atoms. The van der Waals surface area contributed by atoms with Crippen LogP contribution in [0.5, 0.6) is 0 Å². The van der Waals surface area contributed by atoms with Gasteiger partial charge in [-0.2, -0.15) is 0 Å². The Bertz CT molecular complexity index is 899. The maximum Gasteiger partial charge on any atom is 0.208 e. The Morgan fingerprint density at radius 2 is 2.30 bits per heavy atom. The largest absolute Gasteiger partial charge is 0.367 e. The summed E-state index contributed by atoms with van der Waals surface area (Å²) in [5, 5.41) is 10.9. The summed E-state index contributed by atoms with van der Waals surface area (Å²) in [7, 11) is 0. The van der Waals surface area contributed by atoms with Gasteiger partial charge in [-0.15, -0.1) is 11.3 Å². The molecule has 0 amide bonds. The van der Waals surface area contributed by atoms with E-state index in [0.29, 0.717) is 23.9 Å². The number of carbonyl (C=O) groups excluding carboxylic acids is 1. The van der Waals surface area contributed by atoms with Crippen molar-refractivity contribution in [2.24, 2.45) is 11.1 Å². The molecule has 2 heterocycles. The predicted molar refractivity (Wildman–Crippen MR) is 123 cm³/mol. The molecule has 2 aromatic rings. The molecule has 0 saturated heterocycles. The molecular formula is C22H28N4O2S2. The Labute approximate surface area is 186 Å². The summed E-state index contributed by atoms with van der Waals surface area (Å²) in [6, 6.07) is 2.31. The molecule has 1 fully saturated rings. The molecule has 2 aliphatic rings. The van der Waals surface area contributed by atoms with Crippen molar-refractivity contribution in [3.8, 4) is 0 Å². The fourth-order valence-electron chi connectivity index (χ4n) is 4.34. The highest BCUT2D eigenvalue weighted by Crippen LogP contribution is 2.30. The van der Waals surface area contributed by atoms with Crippen LogP contribution < -0.4 is 10.5 Å². The SMILES string of the molecule is NSOCC1CCC(Nc2ncncc2C(=O)c2cc(CC3=CCCCC3)cs2)C1. The van der Waals surface area contributed by atoms with E-state index < -0.39 is 0 Å². The van der Waals surface area contributed by atoms with Crippen LogP contribution in [0.4, 0.5) is 5.82 Å². The number of nitrogens with one attached hydrogen (secondary N) is 1. The van der Waals surface area contributed by atoms with Crippen LogP contribution >= 0.6 is 23.6 Å². The number of ketones is 1. The van der Waals surface area contributed by atoms with E-state index in [9.17, 15) is 4.79 Å². The number of aromatic nitrogens is 2. The molecule has 30 heavy (non-hydrogen) atoms. The fourth-order valence-corrected chi connectivity index (χ4v) is 5.48. The first-order valence-corrected chi connectivity index (χ1v) is 12.3. The average Bonchev–Trinajstić information content (AvgIpc) is 3.42. The second kappa shape index (κ2) is 10.5. The van der Waals surface area contributed by atoms with Crippen molar-refractivity contribution in [3.63, 3.8) is 0 Å². The molecule has 0 aliphatic heterocycles. The lowest BCUT2D eigenvalue weighted by atomic mass is 9.95. The number of nitrogens with two attached hydrogens (primary N) is 1. The molecule has 8 heteroatoms. The topological polar surface area (TPSA) is 90.1 Å². The maximum atomic E-state index is 13.2. The third-order valence-corrected chi connectivity index (χ3v) is 7.15. The molecule has 2 aliphatic carbocycles. The molecule has 1 saturated carbocycles. The number of nitrogens with zero attached hydrogens (tertiary/aromatic N) is 2. The highest BCUT2D eigenvalue weighted by atomic mass is 32.2. The van der Waals surface area contributed by atoms with E-state index in [0.717, 1.165) is 42.8 Å². The van der Waals surface area contributed by atoms with Crippen molar-refractivity contribution >= 4 is 35.2 Å². The molecule has 0 bridgehead atoms. The van der Waals surface area contributed by atoms with Gasteiger partial charge in [0.05, 0.1) is 29.3 Å². The van der Waals surface area contributed by atoms with E-state index in [-0.39, 0.29) is 11.8 Å². The van der Waals surface area contributed by atoms with E-state index in [1.165, 1.54) is 54.5 Å². The van der Waals surface area contributed by atoms with E-state index in [1.54, 1.807) is 6.20 Å². The number of hydrogen-bond donors (Lipinski definition) is 2. The number of hydrogen-bond acceptors (Lipinski definition) is 8. The molecule has 160 valence electrons. The molecule has 6 nitrogen and oxygen atoms in total. The van der Waals surface area contributed by atoms with Crippen LogP contribution in [0.15, 0.2) is 35.6 Å². The zero-order chi connectivity index (χ0) is 20.8. The van der Waals surface area contributed by atoms with Crippen LogP contribution in [0.25, 0.3) is 0 Å². The van der Waals surface area contributed by atoms with E-state index in [1.807, 2.05) is 6.07 Å². The lowest BCUT2D eigenvalue weighted by Gasteiger charge is -2.15. The molecule has 0 radical (unpaired) electrons. The van der Waals surface area contributed by atoms with E-state index in [2.05, 4.69) is 26.7 Å². The van der Waals surface area contributed by atoms with Gasteiger partial charge in [0.1, 0.15) is 12.1 Å². The zero-order valence-electron chi connectivity index (χ0n) is 17.0. The molecule has 4 rings (SSSR count). The van der Waals surface area contributed by atoms with Gasteiger partial charge >= 0.3 is 0 Å². The van der Waals surface area contributed by atoms with E-state index in [4.69, 9.17) is 9.32 Å². The lowest BCUT2D eigenvalue weighted by molar-refractivity contribution is 0.104. The summed E-state index contributed by atoms with van der Waals surface area (Å²) in [6.45, 7) is 0.656. The molecule has 2 aromatic heterocycles. The molecule has 2 unspecified atom stereocenters. The third-order valence-electron chi connectivity index (χ3n) is 5.90. The predicted octanol–water partition coefficient (Wildman–Crippen LogP) is 4.93. The van der Waals surface area contributed by atoms with Gasteiger partial charge in [0, 0.05) is 12.2 Å². The quantitative estimate of drug-likeness (QED) is 0.245. The number of thiophene rings is 1. The van der Waals surface area contributed by atoms with Gasteiger partial charge in [-0.1, -0.05) is 11.6 Å².